The summed E-state index contributed by atoms with van der Waals surface area (Å²) in [5.74, 6) is 0. The predicted octanol–water partition coefficient (Wildman–Crippen LogP) is 1.33. The van der Waals surface area contributed by atoms with Crippen LogP contribution < -0.4 is 0 Å². The van der Waals surface area contributed by atoms with Crippen molar-refractivity contribution in [2.45, 2.75) is 58.0 Å². The van der Waals surface area contributed by atoms with E-state index in [1.165, 1.54) is 5.67 Å². The van der Waals surface area contributed by atoms with E-state index in [-0.39, 0.29) is 31.6 Å². The zero-order valence-corrected chi connectivity index (χ0v) is 16.0. The number of ether oxygens (including phenoxy) is 4. The Morgan fingerprint density at radius 1 is 0.632 bits per heavy atom. The Morgan fingerprint density at radius 2 is 0.947 bits per heavy atom. The molecule has 0 rings (SSSR count). The van der Waals surface area contributed by atoms with Gasteiger partial charge in [0.05, 0.1) is 0 Å². The molecule has 19 heavy (non-hydrogen) atoms. The molecule has 0 unspecified atom stereocenters. The minimum Gasteiger partial charge on any atom is -0.353 e. The average molecular weight is 309 g/mol. The summed E-state index contributed by atoms with van der Waals surface area (Å²) in [5, 5.41) is 0. The van der Waals surface area contributed by atoms with E-state index >= 15 is 0 Å². The molecule has 0 saturated carbocycles. The van der Waals surface area contributed by atoms with Crippen LogP contribution in [0.2, 0.25) is 17.8 Å². The minimum absolute atomic E-state index is 0.0465. The molecule has 0 aromatic carbocycles. The van der Waals surface area contributed by atoms with Gasteiger partial charge in [-0.2, -0.15) is 0 Å². The summed E-state index contributed by atoms with van der Waals surface area (Å²) in [6.45, 7) is 11.1. The van der Waals surface area contributed by atoms with Crippen LogP contribution in [0.3, 0.4) is 0 Å². The van der Waals surface area contributed by atoms with Crippen LogP contribution in [0, 0.1) is 0 Å². The molecule has 0 spiro atoms. The van der Waals surface area contributed by atoms with Crippen LogP contribution in [0.5, 0.6) is 0 Å². The lowest BCUT2D eigenvalue weighted by Gasteiger charge is -2.17. The second-order valence-corrected chi connectivity index (χ2v) is 9.72. The highest BCUT2D eigenvalue weighted by Crippen LogP contribution is 2.05. The first-order chi connectivity index (χ1) is 9.28. The fourth-order valence-corrected chi connectivity index (χ4v) is 7.03. The van der Waals surface area contributed by atoms with Crippen LogP contribution in [0.4, 0.5) is 0 Å². The van der Waals surface area contributed by atoms with Gasteiger partial charge in [-0.15, -0.1) is 0 Å². The van der Waals surface area contributed by atoms with Crippen LogP contribution in [-0.4, -0.2) is 58.0 Å². The Balaban J connectivity index is 3.59. The zero-order chi connectivity index (χ0) is 14.3. The third-order valence-electron chi connectivity index (χ3n) is 2.79. The Hall–Kier alpha value is 0.274. The molecule has 0 amide bonds. The summed E-state index contributed by atoms with van der Waals surface area (Å²) in [7, 11) is -0.0940. The van der Waals surface area contributed by atoms with Gasteiger partial charge in [0, 0.05) is 45.5 Å². The normalized spacial score (nSPS) is 12.9. The van der Waals surface area contributed by atoms with Crippen molar-refractivity contribution in [2.75, 3.05) is 26.4 Å². The molecule has 0 saturated heterocycles. The van der Waals surface area contributed by atoms with Crippen LogP contribution in [0.15, 0.2) is 0 Å². The van der Waals surface area contributed by atoms with E-state index in [4.69, 9.17) is 18.9 Å². The maximum Gasteiger partial charge on any atom is 0.154 e. The first-order valence-corrected chi connectivity index (χ1v) is 11.7. The molecule has 0 fully saturated rings. The van der Waals surface area contributed by atoms with Crippen LogP contribution in [-0.2, 0) is 18.9 Å². The largest absolute Gasteiger partial charge is 0.353 e. The lowest BCUT2D eigenvalue weighted by molar-refractivity contribution is -0.123. The highest BCUT2D eigenvalue weighted by Gasteiger charge is 2.10. The van der Waals surface area contributed by atoms with Crippen molar-refractivity contribution in [2.24, 2.45) is 0 Å². The van der Waals surface area contributed by atoms with Gasteiger partial charge in [0.25, 0.3) is 0 Å². The van der Waals surface area contributed by atoms with Crippen molar-refractivity contribution in [3.8, 4) is 0 Å². The Morgan fingerprint density at radius 3 is 1.21 bits per heavy atom. The highest BCUT2D eigenvalue weighted by atomic mass is 28.3. The summed E-state index contributed by atoms with van der Waals surface area (Å²) in [6.07, 6.45) is 0.0931. The monoisotopic (exact) mass is 308 g/mol. The van der Waals surface area contributed by atoms with Gasteiger partial charge in [0.2, 0.25) is 0 Å². The molecule has 0 radical (unpaired) electrons. The molecule has 4 nitrogen and oxygen atoms in total. The van der Waals surface area contributed by atoms with Crippen molar-refractivity contribution >= 4 is 19.0 Å². The lowest BCUT2D eigenvalue weighted by Crippen LogP contribution is -2.21. The van der Waals surface area contributed by atoms with Gasteiger partial charge in [0.15, 0.2) is 12.6 Å². The molecular weight excluding hydrogens is 276 g/mol. The second kappa shape index (κ2) is 14.7. The van der Waals surface area contributed by atoms with Gasteiger partial charge in [-0.1, -0.05) is 5.67 Å². The zero-order valence-electron chi connectivity index (χ0n) is 13.2. The van der Waals surface area contributed by atoms with Gasteiger partial charge < -0.3 is 18.9 Å². The van der Waals surface area contributed by atoms with Gasteiger partial charge >= 0.3 is 0 Å². The number of rotatable bonds is 14. The van der Waals surface area contributed by atoms with E-state index in [0.717, 1.165) is 38.5 Å². The molecule has 116 valence electrons. The summed E-state index contributed by atoms with van der Waals surface area (Å²) >= 11 is 0. The average Bonchev–Trinajstić information content (AvgIpc) is 2.39. The molecule has 0 aromatic heterocycles. The molecule has 0 aliphatic rings. The SMILES string of the molecule is CCOC(C[SiH2]C[SiH2]CC(OCC)OCC)OCC. The fraction of sp³-hybridized carbons (Fsp3) is 1.00. The molecule has 0 N–H and O–H groups in total. The van der Waals surface area contributed by atoms with Gasteiger partial charge in [-0.05, 0) is 39.8 Å². The van der Waals surface area contributed by atoms with E-state index in [0.29, 0.717) is 0 Å². The summed E-state index contributed by atoms with van der Waals surface area (Å²) in [4.78, 5) is 0. The second-order valence-electron chi connectivity index (χ2n) is 4.32. The first-order valence-electron chi connectivity index (χ1n) is 7.74. The maximum atomic E-state index is 5.57. The van der Waals surface area contributed by atoms with E-state index in [9.17, 15) is 0 Å². The molecular formula is C13H32O4Si2. The standard InChI is InChI=1S/C13H32O4Si2/c1-5-14-12(15-6-2)9-18-11-19-10-13(16-7-3)17-8-4/h12-13H,5-11,18-19H2,1-4H3. The van der Waals surface area contributed by atoms with Gasteiger partial charge in [0.1, 0.15) is 0 Å². The quantitative estimate of drug-likeness (QED) is 0.276. The van der Waals surface area contributed by atoms with Crippen molar-refractivity contribution in [3.05, 3.63) is 0 Å². The molecule has 0 aliphatic carbocycles. The molecule has 0 heterocycles. The minimum atomic E-state index is -0.0470. The molecule has 0 bridgehead atoms. The Labute approximate surface area is 123 Å². The number of hydrogen-bond acceptors (Lipinski definition) is 4. The summed E-state index contributed by atoms with van der Waals surface area (Å²) in [6, 6.07) is 2.28. The molecule has 0 aromatic rings. The van der Waals surface area contributed by atoms with Crippen LogP contribution >= 0.6 is 0 Å². The number of hydrogen-bond donors (Lipinski definition) is 0. The Kier molecular flexibility index (Phi) is 14.9. The van der Waals surface area contributed by atoms with E-state index in [1.54, 1.807) is 0 Å². The van der Waals surface area contributed by atoms with Crippen molar-refractivity contribution in [3.63, 3.8) is 0 Å². The van der Waals surface area contributed by atoms with Crippen molar-refractivity contribution in [1.82, 2.24) is 0 Å². The van der Waals surface area contributed by atoms with Crippen molar-refractivity contribution in [1.29, 1.82) is 0 Å². The smallest absolute Gasteiger partial charge is 0.154 e. The fourth-order valence-electron chi connectivity index (χ4n) is 1.97. The molecule has 0 atom stereocenters. The highest BCUT2D eigenvalue weighted by molar-refractivity contribution is 6.55. The third-order valence-corrected chi connectivity index (χ3v) is 8.55. The van der Waals surface area contributed by atoms with Crippen LogP contribution in [0.1, 0.15) is 27.7 Å². The topological polar surface area (TPSA) is 36.9 Å². The Bertz CT molecular complexity index is 154. The van der Waals surface area contributed by atoms with E-state index in [1.807, 2.05) is 27.7 Å². The van der Waals surface area contributed by atoms with Gasteiger partial charge in [-0.25, -0.2) is 0 Å². The maximum absolute atomic E-state index is 5.57. The summed E-state index contributed by atoms with van der Waals surface area (Å²) in [5.41, 5.74) is 1.44. The third kappa shape index (κ3) is 11.8. The first kappa shape index (κ1) is 19.3. The van der Waals surface area contributed by atoms with Crippen LogP contribution in [0.25, 0.3) is 0 Å². The molecule has 0 aliphatic heterocycles. The molecule has 6 heteroatoms. The lowest BCUT2D eigenvalue weighted by atomic mass is 10.7. The van der Waals surface area contributed by atoms with E-state index < -0.39 is 0 Å². The summed E-state index contributed by atoms with van der Waals surface area (Å²) < 4.78 is 22.3. The van der Waals surface area contributed by atoms with Crippen molar-refractivity contribution < 1.29 is 18.9 Å². The van der Waals surface area contributed by atoms with E-state index in [2.05, 4.69) is 0 Å². The predicted molar refractivity (Wildman–Crippen MR) is 85.6 cm³/mol. The van der Waals surface area contributed by atoms with Gasteiger partial charge in [-0.3, -0.25) is 0 Å².